The zero-order chi connectivity index (χ0) is 14.1. The first-order valence-electron chi connectivity index (χ1n) is 6.09. The van der Waals surface area contributed by atoms with Crippen LogP contribution in [0.2, 0.25) is 0 Å². The standard InChI is InChI=1S/C16H12O3S/c1-20-12-5-2-10(3-6-12)16-9-14(18)13-8-11(17)4-7-15(13)19-16/h2-9,17H,1H3. The summed E-state index contributed by atoms with van der Waals surface area (Å²) in [5.74, 6) is 0.586. The fraction of sp³-hybridized carbons (Fsp3) is 0.0625. The monoisotopic (exact) mass is 284 g/mol. The average Bonchev–Trinajstić information content (AvgIpc) is 2.48. The summed E-state index contributed by atoms with van der Waals surface area (Å²) in [5.41, 5.74) is 1.17. The molecule has 100 valence electrons. The molecular formula is C16H12O3S. The van der Waals surface area contributed by atoms with Gasteiger partial charge in [-0.15, -0.1) is 11.8 Å². The van der Waals surface area contributed by atoms with Crippen LogP contribution in [-0.4, -0.2) is 11.4 Å². The van der Waals surface area contributed by atoms with E-state index in [2.05, 4.69) is 0 Å². The summed E-state index contributed by atoms with van der Waals surface area (Å²) < 4.78 is 5.74. The molecule has 2 aromatic carbocycles. The number of hydrogen-bond donors (Lipinski definition) is 1. The van der Waals surface area contributed by atoms with Gasteiger partial charge in [0.1, 0.15) is 17.1 Å². The van der Waals surface area contributed by atoms with Crippen molar-refractivity contribution < 1.29 is 9.52 Å². The highest BCUT2D eigenvalue weighted by atomic mass is 32.2. The molecule has 0 atom stereocenters. The van der Waals surface area contributed by atoms with Gasteiger partial charge in [-0.05, 0) is 36.6 Å². The van der Waals surface area contributed by atoms with Crippen molar-refractivity contribution in [2.24, 2.45) is 0 Å². The second-order valence-corrected chi connectivity index (χ2v) is 5.26. The third-order valence-corrected chi connectivity index (χ3v) is 3.83. The zero-order valence-electron chi connectivity index (χ0n) is 10.8. The fourth-order valence-corrected chi connectivity index (χ4v) is 2.45. The minimum atomic E-state index is -0.161. The number of rotatable bonds is 2. The largest absolute Gasteiger partial charge is 0.508 e. The van der Waals surface area contributed by atoms with Crippen LogP contribution in [0.5, 0.6) is 5.75 Å². The Labute approximate surface area is 119 Å². The molecule has 4 heteroatoms. The first kappa shape index (κ1) is 12.8. The third-order valence-electron chi connectivity index (χ3n) is 3.09. The Morgan fingerprint density at radius 3 is 2.50 bits per heavy atom. The first-order valence-corrected chi connectivity index (χ1v) is 7.31. The summed E-state index contributed by atoms with van der Waals surface area (Å²) >= 11 is 1.66. The summed E-state index contributed by atoms with van der Waals surface area (Å²) in [5, 5.41) is 9.80. The normalized spacial score (nSPS) is 10.8. The number of benzene rings is 2. The molecule has 20 heavy (non-hydrogen) atoms. The van der Waals surface area contributed by atoms with Gasteiger partial charge in [0.2, 0.25) is 0 Å². The molecule has 0 unspecified atom stereocenters. The predicted octanol–water partition coefficient (Wildman–Crippen LogP) is 3.89. The van der Waals surface area contributed by atoms with Crippen LogP contribution in [-0.2, 0) is 0 Å². The van der Waals surface area contributed by atoms with E-state index < -0.39 is 0 Å². The Hall–Kier alpha value is -2.20. The Morgan fingerprint density at radius 1 is 1.05 bits per heavy atom. The predicted molar refractivity (Wildman–Crippen MR) is 81.4 cm³/mol. The number of hydrogen-bond acceptors (Lipinski definition) is 4. The third kappa shape index (κ3) is 2.30. The first-order chi connectivity index (χ1) is 9.67. The Bertz CT molecular complexity index is 819. The lowest BCUT2D eigenvalue weighted by Crippen LogP contribution is -1.99. The fourth-order valence-electron chi connectivity index (χ4n) is 2.04. The molecule has 0 saturated carbocycles. The molecule has 1 aromatic heterocycles. The molecule has 3 rings (SSSR count). The van der Waals surface area contributed by atoms with Gasteiger partial charge in [-0.3, -0.25) is 4.79 Å². The lowest BCUT2D eigenvalue weighted by Gasteiger charge is -2.04. The van der Waals surface area contributed by atoms with E-state index >= 15 is 0 Å². The summed E-state index contributed by atoms with van der Waals surface area (Å²) in [4.78, 5) is 13.2. The Balaban J connectivity index is 2.16. The van der Waals surface area contributed by atoms with E-state index in [0.717, 1.165) is 10.5 Å². The van der Waals surface area contributed by atoms with E-state index in [4.69, 9.17) is 4.42 Å². The Kier molecular flexibility index (Phi) is 3.24. The number of thioether (sulfide) groups is 1. The maximum Gasteiger partial charge on any atom is 0.193 e. The highest BCUT2D eigenvalue weighted by molar-refractivity contribution is 7.98. The zero-order valence-corrected chi connectivity index (χ0v) is 11.6. The molecule has 1 heterocycles. The van der Waals surface area contributed by atoms with Crippen molar-refractivity contribution >= 4 is 22.7 Å². The number of phenolic OH excluding ortho intramolecular Hbond substituents is 1. The highest BCUT2D eigenvalue weighted by Gasteiger charge is 2.07. The quantitative estimate of drug-likeness (QED) is 0.725. The van der Waals surface area contributed by atoms with E-state index in [1.54, 1.807) is 17.8 Å². The van der Waals surface area contributed by atoms with E-state index in [1.807, 2.05) is 30.5 Å². The van der Waals surface area contributed by atoms with E-state index in [9.17, 15) is 9.90 Å². The van der Waals surface area contributed by atoms with Crippen LogP contribution in [0.1, 0.15) is 0 Å². The van der Waals surface area contributed by atoms with Gasteiger partial charge in [0, 0.05) is 16.5 Å². The molecule has 0 aliphatic heterocycles. The molecule has 0 amide bonds. The number of fused-ring (bicyclic) bond motifs is 1. The van der Waals surface area contributed by atoms with Crippen molar-refractivity contribution in [3.05, 3.63) is 58.8 Å². The van der Waals surface area contributed by atoms with Crippen LogP contribution in [0.4, 0.5) is 0 Å². The van der Waals surface area contributed by atoms with Crippen molar-refractivity contribution in [2.45, 2.75) is 4.90 Å². The van der Waals surface area contributed by atoms with Gasteiger partial charge in [-0.1, -0.05) is 12.1 Å². The average molecular weight is 284 g/mol. The van der Waals surface area contributed by atoms with Crippen LogP contribution in [0.3, 0.4) is 0 Å². The lowest BCUT2D eigenvalue weighted by atomic mass is 10.1. The van der Waals surface area contributed by atoms with Gasteiger partial charge >= 0.3 is 0 Å². The van der Waals surface area contributed by atoms with E-state index in [0.29, 0.717) is 16.7 Å². The van der Waals surface area contributed by atoms with Crippen molar-refractivity contribution in [3.63, 3.8) is 0 Å². The van der Waals surface area contributed by atoms with E-state index in [1.165, 1.54) is 18.2 Å². The van der Waals surface area contributed by atoms with Gasteiger partial charge in [0.25, 0.3) is 0 Å². The summed E-state index contributed by atoms with van der Waals surface area (Å²) in [6, 6.07) is 13.8. The second kappa shape index (κ2) is 5.06. The minimum Gasteiger partial charge on any atom is -0.508 e. The highest BCUT2D eigenvalue weighted by Crippen LogP contribution is 2.25. The van der Waals surface area contributed by atoms with Gasteiger partial charge in [0.15, 0.2) is 5.43 Å². The SMILES string of the molecule is CSc1ccc(-c2cc(=O)c3cc(O)ccc3o2)cc1. The second-order valence-electron chi connectivity index (χ2n) is 4.38. The van der Waals surface area contributed by atoms with Gasteiger partial charge in [0.05, 0.1) is 5.39 Å². The van der Waals surface area contributed by atoms with Crippen molar-refractivity contribution in [1.29, 1.82) is 0 Å². The van der Waals surface area contributed by atoms with Crippen molar-refractivity contribution in [1.82, 2.24) is 0 Å². The topological polar surface area (TPSA) is 50.4 Å². The number of phenols is 1. The maximum atomic E-state index is 12.1. The molecular weight excluding hydrogens is 272 g/mol. The molecule has 1 N–H and O–H groups in total. The Morgan fingerprint density at radius 2 is 1.80 bits per heavy atom. The summed E-state index contributed by atoms with van der Waals surface area (Å²) in [6.07, 6.45) is 2.01. The van der Waals surface area contributed by atoms with E-state index in [-0.39, 0.29) is 11.2 Å². The van der Waals surface area contributed by atoms with Crippen molar-refractivity contribution in [3.8, 4) is 17.1 Å². The lowest BCUT2D eigenvalue weighted by molar-refractivity contribution is 0.475. The van der Waals surface area contributed by atoms with Gasteiger partial charge in [-0.25, -0.2) is 0 Å². The number of aromatic hydroxyl groups is 1. The van der Waals surface area contributed by atoms with Crippen LogP contribution in [0, 0.1) is 0 Å². The van der Waals surface area contributed by atoms with Crippen LogP contribution < -0.4 is 5.43 Å². The van der Waals surface area contributed by atoms with Crippen LogP contribution in [0.15, 0.2) is 62.6 Å². The molecule has 0 spiro atoms. The molecule has 0 fully saturated rings. The van der Waals surface area contributed by atoms with Gasteiger partial charge in [-0.2, -0.15) is 0 Å². The molecule has 3 nitrogen and oxygen atoms in total. The molecule has 0 aliphatic rings. The van der Waals surface area contributed by atoms with Crippen LogP contribution in [0.25, 0.3) is 22.3 Å². The molecule has 0 aliphatic carbocycles. The summed E-state index contributed by atoms with van der Waals surface area (Å²) in [6.45, 7) is 0. The molecule has 0 radical (unpaired) electrons. The molecule has 0 saturated heterocycles. The molecule has 0 bridgehead atoms. The van der Waals surface area contributed by atoms with Gasteiger partial charge < -0.3 is 9.52 Å². The molecule has 3 aromatic rings. The summed E-state index contributed by atoms with van der Waals surface area (Å²) in [7, 11) is 0. The minimum absolute atomic E-state index is 0.0573. The van der Waals surface area contributed by atoms with Crippen molar-refractivity contribution in [2.75, 3.05) is 6.26 Å². The van der Waals surface area contributed by atoms with Crippen LogP contribution >= 0.6 is 11.8 Å². The maximum absolute atomic E-state index is 12.1. The smallest absolute Gasteiger partial charge is 0.193 e.